The minimum absolute atomic E-state index is 0.0319. The minimum Gasteiger partial charge on any atom is -0.380 e. The molecule has 0 amide bonds. The Morgan fingerprint density at radius 2 is 2.26 bits per heavy atom. The summed E-state index contributed by atoms with van der Waals surface area (Å²) in [5.74, 6) is -0.488. The zero-order valence-electron chi connectivity index (χ0n) is 10.7. The number of methoxy groups -OCH3 is 1. The highest BCUT2D eigenvalue weighted by molar-refractivity contribution is 7.89. The Morgan fingerprint density at radius 1 is 1.53 bits per heavy atom. The zero-order valence-corrected chi connectivity index (χ0v) is 11.5. The van der Waals surface area contributed by atoms with Gasteiger partial charge in [-0.2, -0.15) is 4.31 Å². The molecule has 106 valence electrons. The van der Waals surface area contributed by atoms with Gasteiger partial charge in [-0.1, -0.05) is 0 Å². The first kappa shape index (κ1) is 14.4. The topological polar surface area (TPSA) is 72.6 Å². The minimum atomic E-state index is -3.60. The molecule has 19 heavy (non-hydrogen) atoms. The van der Waals surface area contributed by atoms with E-state index in [9.17, 15) is 12.8 Å². The molecule has 1 unspecified atom stereocenters. The van der Waals surface area contributed by atoms with Crippen LogP contribution in [0.1, 0.15) is 12.0 Å². The number of sulfonamides is 1. The first-order chi connectivity index (χ1) is 8.98. The van der Waals surface area contributed by atoms with Crippen LogP contribution in [0.5, 0.6) is 0 Å². The van der Waals surface area contributed by atoms with Gasteiger partial charge in [0, 0.05) is 32.3 Å². The van der Waals surface area contributed by atoms with Gasteiger partial charge in [0.05, 0.1) is 11.0 Å². The van der Waals surface area contributed by atoms with Crippen molar-refractivity contribution in [2.75, 3.05) is 20.2 Å². The van der Waals surface area contributed by atoms with Gasteiger partial charge in [-0.3, -0.25) is 0 Å². The van der Waals surface area contributed by atoms with E-state index in [2.05, 4.69) is 0 Å². The SMILES string of the molecule is COC1CCN(S(=O)(=O)c2ccc(F)c(CN)c2)C1. The van der Waals surface area contributed by atoms with E-state index in [1.165, 1.54) is 16.4 Å². The molecule has 1 heterocycles. The summed E-state index contributed by atoms with van der Waals surface area (Å²) in [6.45, 7) is 0.709. The fourth-order valence-electron chi connectivity index (χ4n) is 2.13. The van der Waals surface area contributed by atoms with Crippen molar-refractivity contribution in [3.05, 3.63) is 29.6 Å². The zero-order chi connectivity index (χ0) is 14.0. The Labute approximate surface area is 112 Å². The molecule has 1 aliphatic heterocycles. The lowest BCUT2D eigenvalue weighted by atomic mass is 10.2. The molecule has 1 saturated heterocycles. The summed E-state index contributed by atoms with van der Waals surface area (Å²) in [5, 5.41) is 0. The molecule has 0 spiro atoms. The average molecular weight is 288 g/mol. The summed E-state index contributed by atoms with van der Waals surface area (Å²) in [7, 11) is -2.04. The van der Waals surface area contributed by atoms with Crippen LogP contribution in [0.15, 0.2) is 23.1 Å². The van der Waals surface area contributed by atoms with Gasteiger partial charge in [-0.05, 0) is 24.6 Å². The van der Waals surface area contributed by atoms with Gasteiger partial charge in [-0.15, -0.1) is 0 Å². The third-order valence-electron chi connectivity index (χ3n) is 3.32. The van der Waals surface area contributed by atoms with Gasteiger partial charge >= 0.3 is 0 Å². The van der Waals surface area contributed by atoms with Crippen LogP contribution in [0.3, 0.4) is 0 Å². The molecule has 1 fully saturated rings. The molecular weight excluding hydrogens is 271 g/mol. The number of nitrogens with two attached hydrogens (primary N) is 1. The fraction of sp³-hybridized carbons (Fsp3) is 0.500. The van der Waals surface area contributed by atoms with Crippen molar-refractivity contribution in [1.82, 2.24) is 4.31 Å². The first-order valence-electron chi connectivity index (χ1n) is 6.00. The molecule has 1 atom stereocenters. The molecule has 0 aliphatic carbocycles. The first-order valence-corrected chi connectivity index (χ1v) is 7.44. The molecule has 2 N–H and O–H groups in total. The summed E-state index contributed by atoms with van der Waals surface area (Å²) >= 11 is 0. The van der Waals surface area contributed by atoms with Crippen molar-refractivity contribution in [3.8, 4) is 0 Å². The maximum absolute atomic E-state index is 13.3. The normalized spacial score (nSPS) is 20.9. The number of halogens is 1. The molecule has 5 nitrogen and oxygen atoms in total. The molecule has 0 aromatic heterocycles. The Morgan fingerprint density at radius 3 is 2.84 bits per heavy atom. The number of rotatable bonds is 4. The van der Waals surface area contributed by atoms with Crippen LogP contribution in [0.25, 0.3) is 0 Å². The molecule has 0 radical (unpaired) electrons. The maximum atomic E-state index is 13.3. The number of benzene rings is 1. The lowest BCUT2D eigenvalue weighted by molar-refractivity contribution is 0.115. The van der Waals surface area contributed by atoms with Crippen molar-refractivity contribution >= 4 is 10.0 Å². The Balaban J connectivity index is 2.30. The predicted molar refractivity (Wildman–Crippen MR) is 68.5 cm³/mol. The fourth-order valence-corrected chi connectivity index (χ4v) is 3.66. The van der Waals surface area contributed by atoms with E-state index >= 15 is 0 Å². The largest absolute Gasteiger partial charge is 0.380 e. The molecule has 1 aromatic carbocycles. The molecular formula is C12H17FN2O3S. The molecule has 7 heteroatoms. The highest BCUT2D eigenvalue weighted by atomic mass is 32.2. The molecule has 2 rings (SSSR count). The van der Waals surface area contributed by atoms with Gasteiger partial charge in [0.25, 0.3) is 0 Å². The van der Waals surface area contributed by atoms with Crippen molar-refractivity contribution in [2.24, 2.45) is 5.73 Å². The van der Waals surface area contributed by atoms with E-state index in [4.69, 9.17) is 10.5 Å². The van der Waals surface area contributed by atoms with Crippen LogP contribution in [0, 0.1) is 5.82 Å². The van der Waals surface area contributed by atoms with Crippen LogP contribution < -0.4 is 5.73 Å². The summed E-state index contributed by atoms with van der Waals surface area (Å²) in [4.78, 5) is 0.0751. The van der Waals surface area contributed by atoms with E-state index in [0.717, 1.165) is 6.07 Å². The molecule has 1 aliphatic rings. The second-order valence-corrected chi connectivity index (χ2v) is 6.40. The number of hydrogen-bond acceptors (Lipinski definition) is 4. The van der Waals surface area contributed by atoms with Gasteiger partial charge in [0.2, 0.25) is 10.0 Å². The van der Waals surface area contributed by atoms with Crippen LogP contribution in [-0.4, -0.2) is 39.0 Å². The Bertz CT molecular complexity index is 562. The van der Waals surface area contributed by atoms with E-state index in [1.54, 1.807) is 7.11 Å². The highest BCUT2D eigenvalue weighted by Gasteiger charge is 2.32. The van der Waals surface area contributed by atoms with Gasteiger partial charge < -0.3 is 10.5 Å². The van der Waals surface area contributed by atoms with Crippen LogP contribution in [0.2, 0.25) is 0 Å². The smallest absolute Gasteiger partial charge is 0.243 e. The van der Waals surface area contributed by atoms with Gasteiger partial charge in [-0.25, -0.2) is 12.8 Å². The second kappa shape index (κ2) is 5.54. The van der Waals surface area contributed by atoms with E-state index in [1.807, 2.05) is 0 Å². The van der Waals surface area contributed by atoms with Crippen LogP contribution in [-0.2, 0) is 21.3 Å². The van der Waals surface area contributed by atoms with Crippen LogP contribution in [0.4, 0.5) is 4.39 Å². The van der Waals surface area contributed by atoms with Crippen LogP contribution >= 0.6 is 0 Å². The highest BCUT2D eigenvalue weighted by Crippen LogP contribution is 2.23. The summed E-state index contributed by atoms with van der Waals surface area (Å²) in [5.41, 5.74) is 5.59. The average Bonchev–Trinajstić information content (AvgIpc) is 2.88. The third kappa shape index (κ3) is 2.79. The Kier molecular flexibility index (Phi) is 4.19. The van der Waals surface area contributed by atoms with Crippen molar-refractivity contribution < 1.29 is 17.5 Å². The second-order valence-electron chi connectivity index (χ2n) is 4.47. The number of hydrogen-bond donors (Lipinski definition) is 1. The van der Waals surface area contributed by atoms with Crippen molar-refractivity contribution in [1.29, 1.82) is 0 Å². The Hall–Kier alpha value is -1.02. The lowest BCUT2D eigenvalue weighted by Gasteiger charge is -2.17. The van der Waals surface area contributed by atoms with E-state index in [-0.39, 0.29) is 23.1 Å². The van der Waals surface area contributed by atoms with E-state index < -0.39 is 15.8 Å². The summed E-state index contributed by atoms with van der Waals surface area (Å²) in [6, 6.07) is 3.70. The number of ether oxygens (including phenoxy) is 1. The van der Waals surface area contributed by atoms with Gasteiger partial charge in [0.15, 0.2) is 0 Å². The summed E-state index contributed by atoms with van der Waals surface area (Å²) in [6.07, 6.45) is 0.588. The van der Waals surface area contributed by atoms with E-state index in [0.29, 0.717) is 19.5 Å². The molecule has 1 aromatic rings. The van der Waals surface area contributed by atoms with Crippen molar-refractivity contribution in [3.63, 3.8) is 0 Å². The standard InChI is InChI=1S/C12H17FN2O3S/c1-18-10-4-5-15(8-10)19(16,17)11-2-3-12(13)9(6-11)7-14/h2-3,6,10H,4-5,7-8,14H2,1H3. The van der Waals surface area contributed by atoms with Crippen molar-refractivity contribution in [2.45, 2.75) is 24.0 Å². The lowest BCUT2D eigenvalue weighted by Crippen LogP contribution is -2.30. The summed E-state index contributed by atoms with van der Waals surface area (Å²) < 4.78 is 44.6. The third-order valence-corrected chi connectivity index (χ3v) is 5.18. The van der Waals surface area contributed by atoms with Gasteiger partial charge in [0.1, 0.15) is 5.82 Å². The molecule has 0 saturated carbocycles. The number of nitrogens with zero attached hydrogens (tertiary/aromatic N) is 1. The quantitative estimate of drug-likeness (QED) is 0.885. The predicted octanol–water partition coefficient (Wildman–Crippen LogP) is 0.694. The maximum Gasteiger partial charge on any atom is 0.243 e. The molecule has 0 bridgehead atoms. The monoisotopic (exact) mass is 288 g/mol.